The number of aryl methyl sites for hydroxylation is 2. The number of benzene rings is 2. The number of esters is 1. The summed E-state index contributed by atoms with van der Waals surface area (Å²) in [6.45, 7) is 6.40. The van der Waals surface area contributed by atoms with Crippen LogP contribution in [0.2, 0.25) is 0 Å². The molecule has 2 aromatic rings. The fourth-order valence-corrected chi connectivity index (χ4v) is 8.22. The summed E-state index contributed by atoms with van der Waals surface area (Å²) in [5.74, 6) is 0.344. The van der Waals surface area contributed by atoms with Gasteiger partial charge in [-0.25, -0.2) is 0 Å². The second-order valence-electron chi connectivity index (χ2n) is 13.6. The number of ketones is 1. The van der Waals surface area contributed by atoms with Crippen LogP contribution >= 0.6 is 0 Å². The van der Waals surface area contributed by atoms with Crippen LogP contribution in [0.5, 0.6) is 0 Å². The van der Waals surface area contributed by atoms with Gasteiger partial charge in [-0.3, -0.25) is 14.4 Å². The van der Waals surface area contributed by atoms with Gasteiger partial charge in [0.2, 0.25) is 5.91 Å². The second-order valence-corrected chi connectivity index (χ2v) is 13.6. The number of likely N-dealkylation sites (tertiary alicyclic amines) is 1. The maximum absolute atomic E-state index is 13.1. The topological polar surface area (TPSA) is 63.7 Å². The van der Waals surface area contributed by atoms with Crippen molar-refractivity contribution in [3.63, 3.8) is 0 Å². The van der Waals surface area contributed by atoms with E-state index >= 15 is 0 Å². The van der Waals surface area contributed by atoms with E-state index in [0.717, 1.165) is 50.5 Å². The molecule has 1 saturated heterocycles. The summed E-state index contributed by atoms with van der Waals surface area (Å²) in [6, 6.07) is 16.8. The third-order valence-corrected chi connectivity index (χ3v) is 10.5. The van der Waals surface area contributed by atoms with Crippen LogP contribution in [0.4, 0.5) is 0 Å². The van der Waals surface area contributed by atoms with Crippen LogP contribution < -0.4 is 0 Å². The Kier molecular flexibility index (Phi) is 9.54. The Balaban J connectivity index is 0.000000175. The molecule has 1 aliphatic heterocycles. The average Bonchev–Trinajstić information content (AvgIpc) is 3.44. The summed E-state index contributed by atoms with van der Waals surface area (Å²) in [7, 11) is 0. The fourth-order valence-electron chi connectivity index (χ4n) is 8.22. The molecule has 6 rings (SSSR count). The maximum Gasteiger partial charge on any atom is 0.325 e. The van der Waals surface area contributed by atoms with Crippen molar-refractivity contribution in [1.29, 1.82) is 0 Å². The number of carbonyl (C=O) groups excluding carboxylic acids is 3. The smallest absolute Gasteiger partial charge is 0.325 e. The molecule has 5 nitrogen and oxygen atoms in total. The number of hydrogen-bond acceptors (Lipinski definition) is 4. The number of nitrogens with zero attached hydrogens (tertiary/aromatic N) is 1. The Bertz CT molecular complexity index is 1240. The number of hydrogen-bond donors (Lipinski definition) is 0. The van der Waals surface area contributed by atoms with Crippen molar-refractivity contribution in [3.05, 3.63) is 70.8 Å². The van der Waals surface area contributed by atoms with Crippen molar-refractivity contribution in [2.75, 3.05) is 13.2 Å². The van der Waals surface area contributed by atoms with Crippen LogP contribution in [0, 0.1) is 19.3 Å². The van der Waals surface area contributed by atoms with Crippen LogP contribution in [-0.2, 0) is 19.1 Å². The van der Waals surface area contributed by atoms with E-state index in [9.17, 15) is 14.4 Å². The summed E-state index contributed by atoms with van der Waals surface area (Å²) in [5.41, 5.74) is 4.99. The minimum Gasteiger partial charge on any atom is -0.465 e. The van der Waals surface area contributed by atoms with Crippen molar-refractivity contribution < 1.29 is 19.1 Å². The highest BCUT2D eigenvalue weighted by Crippen LogP contribution is 2.52. The number of ether oxygens (including phenoxy) is 1. The number of rotatable bonds is 5. The Morgan fingerprint density at radius 3 is 1.83 bits per heavy atom. The molecule has 2 spiro atoms. The molecule has 2 aromatic carbocycles. The van der Waals surface area contributed by atoms with E-state index in [1.165, 1.54) is 55.2 Å². The molecular weight excluding hydrogens is 522 g/mol. The lowest BCUT2D eigenvalue weighted by molar-refractivity contribution is -0.151. The lowest BCUT2D eigenvalue weighted by Gasteiger charge is -2.41. The van der Waals surface area contributed by atoms with E-state index in [-0.39, 0.29) is 35.8 Å². The molecule has 2 atom stereocenters. The first-order chi connectivity index (χ1) is 20.2. The Labute approximate surface area is 252 Å². The molecule has 226 valence electrons. The zero-order valence-corrected chi connectivity index (χ0v) is 26.0. The summed E-state index contributed by atoms with van der Waals surface area (Å²) in [5, 5.41) is 0. The van der Waals surface area contributed by atoms with E-state index in [2.05, 4.69) is 62.4 Å². The predicted octanol–water partition coefficient (Wildman–Crippen LogP) is 7.97. The minimum atomic E-state index is -0.291. The van der Waals surface area contributed by atoms with E-state index in [1.807, 2.05) is 4.90 Å². The SMILES string of the molecule is CCOC(=O)CN1C(=O)C(c2ccc(C)cc2)CC12CCCCC2.Cc1ccc(C2CC3(CCCCC3)CC2=O)cc1. The normalized spacial score (nSPS) is 24.5. The predicted molar refractivity (Wildman–Crippen MR) is 166 cm³/mol. The van der Waals surface area contributed by atoms with Gasteiger partial charge >= 0.3 is 5.97 Å². The highest BCUT2D eigenvalue weighted by Gasteiger charge is 2.52. The van der Waals surface area contributed by atoms with Crippen molar-refractivity contribution >= 4 is 17.7 Å². The zero-order chi connectivity index (χ0) is 29.7. The quantitative estimate of drug-likeness (QED) is 0.342. The van der Waals surface area contributed by atoms with Gasteiger partial charge in [-0.1, -0.05) is 98.2 Å². The molecule has 3 saturated carbocycles. The van der Waals surface area contributed by atoms with Crippen LogP contribution in [0.3, 0.4) is 0 Å². The number of amides is 1. The summed E-state index contributed by atoms with van der Waals surface area (Å²) >= 11 is 0. The zero-order valence-electron chi connectivity index (χ0n) is 26.0. The first-order valence-corrected chi connectivity index (χ1v) is 16.4. The summed E-state index contributed by atoms with van der Waals surface area (Å²) in [4.78, 5) is 39.3. The van der Waals surface area contributed by atoms with Crippen molar-refractivity contribution in [1.82, 2.24) is 4.90 Å². The molecular formula is C37H49NO4. The molecule has 0 aromatic heterocycles. The van der Waals surface area contributed by atoms with Gasteiger partial charge < -0.3 is 9.64 Å². The monoisotopic (exact) mass is 571 g/mol. The van der Waals surface area contributed by atoms with Gasteiger partial charge in [-0.05, 0) is 75.8 Å². The number of carbonyl (C=O) groups is 3. The lowest BCUT2D eigenvalue weighted by Crippen LogP contribution is -2.49. The molecule has 4 fully saturated rings. The Hall–Kier alpha value is -2.95. The molecule has 0 radical (unpaired) electrons. The van der Waals surface area contributed by atoms with Gasteiger partial charge in [-0.2, -0.15) is 0 Å². The maximum atomic E-state index is 13.1. The van der Waals surface area contributed by atoms with E-state index in [1.54, 1.807) is 6.92 Å². The van der Waals surface area contributed by atoms with Gasteiger partial charge in [0.25, 0.3) is 0 Å². The molecule has 1 heterocycles. The minimum absolute atomic E-state index is 0.0915. The van der Waals surface area contributed by atoms with E-state index < -0.39 is 0 Å². The number of Topliss-reactive ketones (excluding diaryl/α,β-unsaturated/α-hetero) is 1. The van der Waals surface area contributed by atoms with Crippen molar-refractivity contribution in [2.45, 2.75) is 122 Å². The van der Waals surface area contributed by atoms with Gasteiger partial charge in [0, 0.05) is 17.9 Å². The van der Waals surface area contributed by atoms with E-state index in [4.69, 9.17) is 4.74 Å². The second kappa shape index (κ2) is 13.1. The fraction of sp³-hybridized carbons (Fsp3) is 0.595. The Morgan fingerprint density at radius 2 is 1.29 bits per heavy atom. The Morgan fingerprint density at radius 1 is 0.762 bits per heavy atom. The molecule has 3 aliphatic carbocycles. The molecule has 4 aliphatic rings. The van der Waals surface area contributed by atoms with Gasteiger partial charge in [-0.15, -0.1) is 0 Å². The lowest BCUT2D eigenvalue weighted by atomic mass is 9.72. The average molecular weight is 572 g/mol. The third kappa shape index (κ3) is 6.66. The van der Waals surface area contributed by atoms with Crippen LogP contribution in [0.25, 0.3) is 0 Å². The molecule has 42 heavy (non-hydrogen) atoms. The van der Waals surface area contributed by atoms with Crippen LogP contribution in [-0.4, -0.2) is 41.3 Å². The van der Waals surface area contributed by atoms with Gasteiger partial charge in [0.05, 0.1) is 12.5 Å². The first-order valence-electron chi connectivity index (χ1n) is 16.4. The standard InChI is InChI=1S/C20H27NO3.C17H22O/c1-3-24-18(22)14-21-19(23)17(16-9-7-15(2)8-10-16)13-20(21)11-5-4-6-12-20;1-13-5-7-14(8-6-13)15-11-17(12-16(15)18)9-3-2-4-10-17/h7-10,17H,3-6,11-14H2,1-2H3;5-8,15H,2-4,9-12H2,1H3. The van der Waals surface area contributed by atoms with E-state index in [0.29, 0.717) is 17.8 Å². The third-order valence-electron chi connectivity index (χ3n) is 10.5. The molecule has 1 amide bonds. The molecule has 0 N–H and O–H groups in total. The van der Waals surface area contributed by atoms with Gasteiger partial charge in [0.15, 0.2) is 0 Å². The van der Waals surface area contributed by atoms with Crippen molar-refractivity contribution in [2.24, 2.45) is 5.41 Å². The highest BCUT2D eigenvalue weighted by atomic mass is 16.5. The van der Waals surface area contributed by atoms with Crippen LogP contribution in [0.15, 0.2) is 48.5 Å². The summed E-state index contributed by atoms with van der Waals surface area (Å²) < 4.78 is 5.11. The summed E-state index contributed by atoms with van der Waals surface area (Å²) in [6.07, 6.45) is 14.8. The largest absolute Gasteiger partial charge is 0.465 e. The van der Waals surface area contributed by atoms with Crippen molar-refractivity contribution in [3.8, 4) is 0 Å². The highest BCUT2D eigenvalue weighted by molar-refractivity contribution is 5.90. The molecule has 0 bridgehead atoms. The molecule has 5 heteroatoms. The van der Waals surface area contributed by atoms with Gasteiger partial charge in [0.1, 0.15) is 12.3 Å². The first kappa shape index (κ1) is 30.5. The van der Waals surface area contributed by atoms with Crippen LogP contribution in [0.1, 0.15) is 124 Å². The molecule has 2 unspecified atom stereocenters.